The summed E-state index contributed by atoms with van der Waals surface area (Å²) in [6.07, 6.45) is 1.56. The summed E-state index contributed by atoms with van der Waals surface area (Å²) in [4.78, 5) is 29.7. The van der Waals surface area contributed by atoms with E-state index in [1.54, 1.807) is 18.3 Å². The number of hydrogen-bond acceptors (Lipinski definition) is 4. The largest absolute Gasteiger partial charge is 0.325 e. The molecule has 0 saturated carbocycles. The smallest absolute Gasteiger partial charge is 0.258 e. The average molecular weight is 388 g/mol. The molecule has 0 aliphatic rings. The topological polar surface area (TPSA) is 63.5 Å². The zero-order chi connectivity index (χ0) is 18.7. The number of amides is 1. The van der Waals surface area contributed by atoms with Crippen LogP contribution < -0.4 is 10.9 Å². The second-order valence-corrected chi connectivity index (χ2v) is 7.54. The third-order valence-corrected chi connectivity index (χ3v) is 5.05. The number of carbonyl (C=O) groups is 1. The Hall–Kier alpha value is -2.31. The van der Waals surface area contributed by atoms with E-state index in [0.29, 0.717) is 22.1 Å². The number of aromatic nitrogens is 2. The van der Waals surface area contributed by atoms with Crippen molar-refractivity contribution in [2.75, 3.05) is 5.32 Å². The highest BCUT2D eigenvalue weighted by atomic mass is 35.5. The molecule has 0 fully saturated rings. The van der Waals surface area contributed by atoms with Crippen molar-refractivity contribution >= 4 is 40.6 Å². The van der Waals surface area contributed by atoms with Crippen LogP contribution in [0.1, 0.15) is 19.5 Å². The molecule has 0 atom stereocenters. The van der Waals surface area contributed by atoms with Gasteiger partial charge in [0.1, 0.15) is 5.65 Å². The van der Waals surface area contributed by atoms with E-state index in [0.717, 1.165) is 10.6 Å². The Morgan fingerprint density at radius 2 is 2.04 bits per heavy atom. The maximum absolute atomic E-state index is 12.2. The van der Waals surface area contributed by atoms with E-state index in [4.69, 9.17) is 11.6 Å². The first-order valence-electron chi connectivity index (χ1n) is 8.14. The molecule has 1 N–H and O–H groups in total. The molecule has 0 aliphatic heterocycles. The minimum Gasteiger partial charge on any atom is -0.325 e. The summed E-state index contributed by atoms with van der Waals surface area (Å²) >= 11 is 7.45. The molecule has 0 spiro atoms. The number of carbonyl (C=O) groups excluding carboxylic acids is 1. The zero-order valence-electron chi connectivity index (χ0n) is 14.4. The van der Waals surface area contributed by atoms with Crippen molar-refractivity contribution in [3.05, 3.63) is 69.7 Å². The molecule has 3 aromatic rings. The van der Waals surface area contributed by atoms with Gasteiger partial charge in [0.05, 0.1) is 16.4 Å². The van der Waals surface area contributed by atoms with Gasteiger partial charge in [-0.25, -0.2) is 4.98 Å². The van der Waals surface area contributed by atoms with Crippen molar-refractivity contribution in [3.63, 3.8) is 0 Å². The van der Waals surface area contributed by atoms with Gasteiger partial charge in [0, 0.05) is 28.8 Å². The second kappa shape index (κ2) is 7.93. The van der Waals surface area contributed by atoms with Crippen LogP contribution in [0.15, 0.2) is 58.4 Å². The van der Waals surface area contributed by atoms with Crippen LogP contribution in [0, 0.1) is 5.92 Å². The zero-order valence-corrected chi connectivity index (χ0v) is 16.0. The van der Waals surface area contributed by atoms with Gasteiger partial charge in [-0.05, 0) is 24.3 Å². The van der Waals surface area contributed by atoms with Crippen LogP contribution >= 0.6 is 23.4 Å². The number of anilines is 1. The predicted molar refractivity (Wildman–Crippen MR) is 106 cm³/mol. The van der Waals surface area contributed by atoms with E-state index in [1.807, 2.05) is 38.1 Å². The van der Waals surface area contributed by atoms with E-state index in [2.05, 4.69) is 10.3 Å². The van der Waals surface area contributed by atoms with E-state index in [-0.39, 0.29) is 17.4 Å². The quantitative estimate of drug-likeness (QED) is 0.665. The maximum atomic E-state index is 12.2. The number of fused-ring (bicyclic) bond motifs is 1. The molecule has 0 radical (unpaired) electrons. The van der Waals surface area contributed by atoms with Gasteiger partial charge < -0.3 is 5.32 Å². The molecular formula is C19H18ClN3O2S. The Bertz CT molecular complexity index is 1020. The number of rotatable bonds is 5. The fourth-order valence-corrected chi connectivity index (χ4v) is 3.39. The van der Waals surface area contributed by atoms with Crippen molar-refractivity contribution < 1.29 is 4.79 Å². The normalized spacial score (nSPS) is 11.1. The second-order valence-electron chi connectivity index (χ2n) is 6.09. The Kier molecular flexibility index (Phi) is 5.64. The molecule has 2 heterocycles. The Morgan fingerprint density at radius 1 is 1.27 bits per heavy atom. The van der Waals surface area contributed by atoms with Crippen LogP contribution in [0.3, 0.4) is 0 Å². The van der Waals surface area contributed by atoms with Crippen molar-refractivity contribution in [1.29, 1.82) is 0 Å². The summed E-state index contributed by atoms with van der Waals surface area (Å²) in [5.41, 5.74) is 1.82. The molecule has 26 heavy (non-hydrogen) atoms. The predicted octanol–water partition coefficient (Wildman–Crippen LogP) is 4.23. The molecule has 134 valence electrons. The Labute approximate surface area is 160 Å². The van der Waals surface area contributed by atoms with Gasteiger partial charge in [-0.1, -0.05) is 37.6 Å². The molecule has 1 amide bonds. The van der Waals surface area contributed by atoms with Gasteiger partial charge >= 0.3 is 0 Å². The molecule has 0 unspecified atom stereocenters. The summed E-state index contributed by atoms with van der Waals surface area (Å²) in [7, 11) is 0. The van der Waals surface area contributed by atoms with Gasteiger partial charge in [-0.3, -0.25) is 14.0 Å². The molecule has 3 rings (SSSR count). The average Bonchev–Trinajstić information content (AvgIpc) is 2.61. The number of halogens is 1. The van der Waals surface area contributed by atoms with Gasteiger partial charge in [0.2, 0.25) is 5.91 Å². The lowest BCUT2D eigenvalue weighted by Crippen LogP contribution is -2.18. The number of pyridine rings is 1. The maximum Gasteiger partial charge on any atom is 0.258 e. The number of para-hydroxylation sites is 1. The van der Waals surface area contributed by atoms with Crippen molar-refractivity contribution in [2.24, 2.45) is 5.92 Å². The minimum absolute atomic E-state index is 0.0306. The molecule has 5 nitrogen and oxygen atoms in total. The summed E-state index contributed by atoms with van der Waals surface area (Å²) in [6.45, 7) is 3.70. The SMILES string of the molecule is CC(C)C(=O)Nc1ccccc1SCc1cc(=O)n2cc(Cl)ccc2n1. The van der Waals surface area contributed by atoms with E-state index < -0.39 is 0 Å². The van der Waals surface area contributed by atoms with E-state index in [1.165, 1.54) is 22.2 Å². The van der Waals surface area contributed by atoms with Crippen LogP contribution in [-0.2, 0) is 10.5 Å². The summed E-state index contributed by atoms with van der Waals surface area (Å²) in [5, 5.41) is 3.42. The molecule has 0 aliphatic carbocycles. The molecule has 2 aromatic heterocycles. The molecule has 0 saturated heterocycles. The van der Waals surface area contributed by atoms with Gasteiger partial charge in [-0.15, -0.1) is 11.8 Å². The first-order valence-corrected chi connectivity index (χ1v) is 9.51. The van der Waals surface area contributed by atoms with E-state index >= 15 is 0 Å². The van der Waals surface area contributed by atoms with Crippen LogP contribution in [0.4, 0.5) is 5.69 Å². The van der Waals surface area contributed by atoms with Crippen molar-refractivity contribution in [2.45, 2.75) is 24.5 Å². The third kappa shape index (κ3) is 4.26. The number of nitrogens with zero attached hydrogens (tertiary/aromatic N) is 2. The van der Waals surface area contributed by atoms with Crippen molar-refractivity contribution in [1.82, 2.24) is 9.38 Å². The Morgan fingerprint density at radius 3 is 2.81 bits per heavy atom. The summed E-state index contributed by atoms with van der Waals surface area (Å²) in [5.74, 6) is 0.391. The molecule has 7 heteroatoms. The van der Waals surface area contributed by atoms with Crippen LogP contribution in [0.25, 0.3) is 5.65 Å². The lowest BCUT2D eigenvalue weighted by molar-refractivity contribution is -0.118. The number of hydrogen-bond donors (Lipinski definition) is 1. The Balaban J connectivity index is 1.81. The summed E-state index contributed by atoms with van der Waals surface area (Å²) < 4.78 is 1.42. The highest BCUT2D eigenvalue weighted by molar-refractivity contribution is 7.98. The van der Waals surface area contributed by atoms with Crippen LogP contribution in [0.2, 0.25) is 5.02 Å². The van der Waals surface area contributed by atoms with Crippen LogP contribution in [-0.4, -0.2) is 15.3 Å². The first kappa shape index (κ1) is 18.5. The lowest BCUT2D eigenvalue weighted by Gasteiger charge is -2.12. The number of nitrogens with one attached hydrogen (secondary N) is 1. The summed E-state index contributed by atoms with van der Waals surface area (Å²) in [6, 6.07) is 12.5. The monoisotopic (exact) mass is 387 g/mol. The van der Waals surface area contributed by atoms with E-state index in [9.17, 15) is 9.59 Å². The van der Waals surface area contributed by atoms with Gasteiger partial charge in [0.15, 0.2) is 0 Å². The fourth-order valence-electron chi connectivity index (χ4n) is 2.32. The third-order valence-electron chi connectivity index (χ3n) is 3.72. The first-order chi connectivity index (χ1) is 12.4. The fraction of sp³-hybridized carbons (Fsp3) is 0.211. The van der Waals surface area contributed by atoms with Gasteiger partial charge in [0.25, 0.3) is 5.56 Å². The molecule has 1 aromatic carbocycles. The number of benzene rings is 1. The van der Waals surface area contributed by atoms with Crippen molar-refractivity contribution in [3.8, 4) is 0 Å². The molecular weight excluding hydrogens is 370 g/mol. The number of thioether (sulfide) groups is 1. The lowest BCUT2D eigenvalue weighted by atomic mass is 10.2. The highest BCUT2D eigenvalue weighted by Crippen LogP contribution is 2.29. The van der Waals surface area contributed by atoms with Crippen LogP contribution in [0.5, 0.6) is 0 Å². The van der Waals surface area contributed by atoms with Gasteiger partial charge in [-0.2, -0.15) is 0 Å². The minimum atomic E-state index is -0.172. The molecule has 0 bridgehead atoms. The standard InChI is InChI=1S/C19H18ClN3O2S/c1-12(2)19(25)22-15-5-3-4-6-16(15)26-11-14-9-18(24)23-10-13(20)7-8-17(23)21-14/h3-10,12H,11H2,1-2H3,(H,22,25). The highest BCUT2D eigenvalue weighted by Gasteiger charge is 2.11.